The highest BCUT2D eigenvalue weighted by Crippen LogP contribution is 2.89. The summed E-state index contributed by atoms with van der Waals surface area (Å²) in [6, 6.07) is 0. The molecule has 3 aliphatic heterocycles. The number of aliphatic hydroxyl groups excluding tert-OH is 1. The number of hydrogen-bond donors (Lipinski definition) is 3. The summed E-state index contributed by atoms with van der Waals surface area (Å²) in [5, 5.41) is 34.0. The van der Waals surface area contributed by atoms with Crippen LogP contribution in [0.5, 0.6) is 0 Å². The van der Waals surface area contributed by atoms with Gasteiger partial charge in [-0.25, -0.2) is 0 Å². The molecule has 4 unspecified atom stereocenters. The maximum Gasteiger partial charge on any atom is 0.170 e. The first kappa shape index (κ1) is 39.5. The lowest BCUT2D eigenvalue weighted by Crippen LogP contribution is -2.60. The number of aliphatic hydroxyl groups is 3. The molecular formula is C44H76N2O7. The van der Waals surface area contributed by atoms with Gasteiger partial charge in [0.15, 0.2) is 6.29 Å². The van der Waals surface area contributed by atoms with E-state index in [9.17, 15) is 15.3 Å². The first-order chi connectivity index (χ1) is 24.7. The summed E-state index contributed by atoms with van der Waals surface area (Å²) in [6.07, 6.45) is 7.92. The van der Waals surface area contributed by atoms with Crippen molar-refractivity contribution in [3.05, 3.63) is 0 Å². The van der Waals surface area contributed by atoms with Gasteiger partial charge < -0.3 is 34.3 Å². The molecular weight excluding hydrogens is 668 g/mol. The summed E-state index contributed by atoms with van der Waals surface area (Å²) in [4.78, 5) is 4.92. The van der Waals surface area contributed by atoms with Gasteiger partial charge in [0.05, 0.1) is 42.2 Å². The molecule has 0 aromatic rings. The van der Waals surface area contributed by atoms with E-state index < -0.39 is 23.4 Å². The number of rotatable bonds is 10. The number of hydrogen-bond acceptors (Lipinski definition) is 9. The van der Waals surface area contributed by atoms with Gasteiger partial charge in [-0.05, 0) is 137 Å². The molecule has 9 heteroatoms. The van der Waals surface area contributed by atoms with Gasteiger partial charge in [-0.1, -0.05) is 34.6 Å². The highest BCUT2D eigenvalue weighted by atomic mass is 16.7. The minimum absolute atomic E-state index is 0.0110. The maximum atomic E-state index is 12.7. The van der Waals surface area contributed by atoms with Gasteiger partial charge in [0.25, 0.3) is 0 Å². The van der Waals surface area contributed by atoms with Crippen molar-refractivity contribution in [2.75, 3.05) is 52.5 Å². The Hall–Kier alpha value is -0.360. The molecule has 0 amide bonds. The summed E-state index contributed by atoms with van der Waals surface area (Å²) in [5.74, 6) is 2.45. The second-order valence-electron chi connectivity index (χ2n) is 22.1. The fourth-order valence-corrected chi connectivity index (χ4v) is 15.6. The van der Waals surface area contributed by atoms with E-state index in [4.69, 9.17) is 18.9 Å². The lowest BCUT2D eigenvalue weighted by atomic mass is 9.41. The van der Waals surface area contributed by atoms with Crippen LogP contribution in [-0.2, 0) is 18.9 Å². The van der Waals surface area contributed by atoms with Crippen LogP contribution in [-0.4, -0.2) is 126 Å². The van der Waals surface area contributed by atoms with Crippen LogP contribution in [0.15, 0.2) is 0 Å². The zero-order valence-corrected chi connectivity index (χ0v) is 35.0. The van der Waals surface area contributed by atoms with Crippen LogP contribution in [0.4, 0.5) is 0 Å². The normalized spacial score (nSPS) is 49.2. The van der Waals surface area contributed by atoms with Crippen molar-refractivity contribution in [3.8, 4) is 0 Å². The molecule has 0 aromatic carbocycles. The van der Waals surface area contributed by atoms with Crippen LogP contribution >= 0.6 is 0 Å². The van der Waals surface area contributed by atoms with E-state index >= 15 is 0 Å². The number of morpholine rings is 1. The van der Waals surface area contributed by atoms with Crippen molar-refractivity contribution in [2.45, 2.75) is 169 Å². The monoisotopic (exact) mass is 745 g/mol. The van der Waals surface area contributed by atoms with Gasteiger partial charge in [-0.2, -0.15) is 0 Å². The van der Waals surface area contributed by atoms with E-state index in [2.05, 4.69) is 44.4 Å². The Bertz CT molecular complexity index is 1360. The number of β-amino-alcohol motifs (C(OH)–C–C–N with tert-alkyl or cyclic N) is 1. The Balaban J connectivity index is 0.947. The number of likely N-dealkylation sites (tertiary alicyclic amines) is 1. The third-order valence-corrected chi connectivity index (χ3v) is 17.7. The van der Waals surface area contributed by atoms with Crippen molar-refractivity contribution in [1.82, 2.24) is 9.80 Å². The van der Waals surface area contributed by atoms with Crippen molar-refractivity contribution in [1.29, 1.82) is 0 Å². The third-order valence-electron chi connectivity index (χ3n) is 17.7. The average Bonchev–Trinajstić information content (AvgIpc) is 3.67. The Morgan fingerprint density at radius 2 is 1.60 bits per heavy atom. The molecule has 53 heavy (non-hydrogen) atoms. The fraction of sp³-hybridized carbons (Fsp3) is 1.00. The molecule has 9 nitrogen and oxygen atoms in total. The molecule has 8 fully saturated rings. The Morgan fingerprint density at radius 1 is 0.906 bits per heavy atom. The summed E-state index contributed by atoms with van der Waals surface area (Å²) in [5.41, 5.74) is -1.16. The summed E-state index contributed by atoms with van der Waals surface area (Å²) in [6.45, 7) is 28.8. The molecule has 8 aliphatic rings. The molecule has 3 N–H and O–H groups in total. The topological polar surface area (TPSA) is 104 Å². The standard InChI is InChI=1S/C44H76N2O7/c1-11-50-37(40(7,8)49)29-20-27(2)34-35(52-29)36(47)42(10)31-13-12-30-39(5,6)32(14-15-43(30)25-44(31,43)17-16-41(34,42)9)53-33-24-45(18-19-51-33)21-28-22-46(23-28)26-38(3,4)48/h27-37,47-49H,11-26H2,1-10H3/t27-,29?,30+,31?,32+,33+,34+,35?,36+,37+,41-,42-,43-,44?/m1/s1. The van der Waals surface area contributed by atoms with E-state index in [-0.39, 0.29) is 40.8 Å². The first-order valence-corrected chi connectivity index (χ1v) is 21.8. The number of ether oxygens (including phenoxy) is 4. The minimum atomic E-state index is -1.02. The van der Waals surface area contributed by atoms with Gasteiger partial charge in [0.2, 0.25) is 0 Å². The van der Waals surface area contributed by atoms with Crippen LogP contribution < -0.4 is 0 Å². The molecule has 0 bridgehead atoms. The molecule has 0 aromatic heterocycles. The van der Waals surface area contributed by atoms with Gasteiger partial charge in [0.1, 0.15) is 6.10 Å². The first-order valence-electron chi connectivity index (χ1n) is 21.8. The molecule has 304 valence electrons. The van der Waals surface area contributed by atoms with Gasteiger partial charge >= 0.3 is 0 Å². The van der Waals surface area contributed by atoms with Crippen LogP contribution in [0.3, 0.4) is 0 Å². The van der Waals surface area contributed by atoms with E-state index in [0.29, 0.717) is 47.0 Å². The van der Waals surface area contributed by atoms with E-state index in [1.165, 1.54) is 32.1 Å². The van der Waals surface area contributed by atoms with E-state index in [0.717, 1.165) is 65.1 Å². The third kappa shape index (κ3) is 6.00. The highest BCUT2D eigenvalue weighted by molar-refractivity contribution is 5.33. The van der Waals surface area contributed by atoms with Gasteiger partial charge in [-0.3, -0.25) is 9.80 Å². The number of nitrogens with zero attached hydrogens (tertiary/aromatic N) is 2. The van der Waals surface area contributed by atoms with Crippen molar-refractivity contribution >= 4 is 0 Å². The SMILES string of the molecule is CCO[C@@H](C1C[C@@H](C)[C@H]2C(O1)[C@H](O)[C@@]1(C)C3CC[C@H]4C(C)(C)[C@@H](O[C@H]5CN(CC6CN(CC(C)(C)O)C6)CCO5)CC[C@@]45CC35CC[C@]21C)C(C)(C)O. The van der Waals surface area contributed by atoms with Crippen molar-refractivity contribution < 1.29 is 34.3 Å². The number of fused-ring (bicyclic) bond motifs is 4. The zero-order chi connectivity index (χ0) is 38.1. The molecule has 5 saturated carbocycles. The molecule has 8 rings (SSSR count). The molecule has 5 aliphatic carbocycles. The van der Waals surface area contributed by atoms with Crippen LogP contribution in [0.25, 0.3) is 0 Å². The maximum absolute atomic E-state index is 12.7. The van der Waals surface area contributed by atoms with Gasteiger partial charge in [0, 0.05) is 51.3 Å². The van der Waals surface area contributed by atoms with E-state index in [1.54, 1.807) is 0 Å². The smallest absolute Gasteiger partial charge is 0.170 e. The Kier molecular flexibility index (Phi) is 9.74. The quantitative estimate of drug-likeness (QED) is 0.259. The van der Waals surface area contributed by atoms with Crippen LogP contribution in [0, 0.1) is 56.7 Å². The molecule has 0 radical (unpaired) electrons. The predicted octanol–water partition coefficient (Wildman–Crippen LogP) is 5.72. The lowest BCUT2D eigenvalue weighted by Gasteiger charge is -2.64. The van der Waals surface area contributed by atoms with Crippen LogP contribution in [0.1, 0.15) is 121 Å². The fourth-order valence-electron chi connectivity index (χ4n) is 15.6. The second kappa shape index (κ2) is 13.1. The predicted molar refractivity (Wildman–Crippen MR) is 205 cm³/mol. The van der Waals surface area contributed by atoms with E-state index in [1.807, 2.05) is 34.6 Å². The summed E-state index contributed by atoms with van der Waals surface area (Å²) in [7, 11) is 0. The lowest BCUT2D eigenvalue weighted by molar-refractivity contribution is -0.249. The highest BCUT2D eigenvalue weighted by Gasteiger charge is 2.84. The molecule has 14 atom stereocenters. The van der Waals surface area contributed by atoms with Crippen molar-refractivity contribution in [2.24, 2.45) is 56.7 Å². The van der Waals surface area contributed by atoms with Crippen LogP contribution in [0.2, 0.25) is 0 Å². The summed E-state index contributed by atoms with van der Waals surface area (Å²) < 4.78 is 26.5. The molecule has 3 heterocycles. The Morgan fingerprint density at radius 3 is 2.28 bits per heavy atom. The second-order valence-corrected chi connectivity index (χ2v) is 22.1. The molecule has 2 spiro atoms. The summed E-state index contributed by atoms with van der Waals surface area (Å²) >= 11 is 0. The zero-order valence-electron chi connectivity index (χ0n) is 35.0. The van der Waals surface area contributed by atoms with Crippen molar-refractivity contribution in [3.63, 3.8) is 0 Å². The molecule has 3 saturated heterocycles. The minimum Gasteiger partial charge on any atom is -0.390 e. The van der Waals surface area contributed by atoms with Gasteiger partial charge in [-0.15, -0.1) is 0 Å². The average molecular weight is 745 g/mol. The Labute approximate surface area is 321 Å². The largest absolute Gasteiger partial charge is 0.390 e.